The summed E-state index contributed by atoms with van der Waals surface area (Å²) in [5.41, 5.74) is 5.05. The van der Waals surface area contributed by atoms with Crippen LogP contribution >= 0.6 is 0 Å². The van der Waals surface area contributed by atoms with Crippen molar-refractivity contribution in [2.75, 3.05) is 5.73 Å². The normalized spacial score (nSPS) is 12.1. The zero-order chi connectivity index (χ0) is 11.4. The second kappa shape index (κ2) is 4.40. The van der Waals surface area contributed by atoms with Gasteiger partial charge >= 0.3 is 5.97 Å². The van der Waals surface area contributed by atoms with Gasteiger partial charge in [-0.1, -0.05) is 6.92 Å². The minimum atomic E-state index is -1.12. The van der Waals surface area contributed by atoms with E-state index in [4.69, 9.17) is 10.8 Å². The smallest absolute Gasteiger partial charge is 0.326 e. The van der Waals surface area contributed by atoms with E-state index in [-0.39, 0.29) is 17.9 Å². The highest BCUT2D eigenvalue weighted by Crippen LogP contribution is 2.04. The Hall–Kier alpha value is -2.12. The molecule has 4 N–H and O–H groups in total. The van der Waals surface area contributed by atoms with Gasteiger partial charge in [-0.25, -0.2) is 9.42 Å². The lowest BCUT2D eigenvalue weighted by Crippen LogP contribution is -2.40. The Morgan fingerprint density at radius 3 is 2.67 bits per heavy atom. The molecule has 0 aliphatic rings. The number of nitrogen functional groups attached to an aromatic ring is 1. The predicted octanol–water partition coefficient (Wildman–Crippen LogP) is -0.755. The van der Waals surface area contributed by atoms with Crippen LogP contribution in [0.15, 0.2) is 4.63 Å². The Labute approximate surface area is 84.4 Å². The number of carbonyl (C=O) groups is 2. The number of hydrogen-bond acceptors (Lipinski definition) is 6. The number of nitrogens with two attached hydrogens (primary N) is 1. The average Bonchev–Trinajstić information content (AvgIpc) is 2.60. The van der Waals surface area contributed by atoms with Crippen LogP contribution in [0.1, 0.15) is 23.8 Å². The van der Waals surface area contributed by atoms with Crippen molar-refractivity contribution in [3.63, 3.8) is 0 Å². The maximum Gasteiger partial charge on any atom is 0.326 e. The van der Waals surface area contributed by atoms with Gasteiger partial charge in [-0.05, 0) is 16.7 Å². The van der Waals surface area contributed by atoms with E-state index in [0.29, 0.717) is 0 Å². The summed E-state index contributed by atoms with van der Waals surface area (Å²) < 4.78 is 4.21. The number of nitrogens with one attached hydrogen (secondary N) is 1. The van der Waals surface area contributed by atoms with Gasteiger partial charge in [0.2, 0.25) is 11.5 Å². The van der Waals surface area contributed by atoms with Crippen molar-refractivity contribution >= 4 is 17.7 Å². The summed E-state index contributed by atoms with van der Waals surface area (Å²) in [6, 6.07) is -0.978. The molecule has 0 saturated heterocycles. The number of carbonyl (C=O) groups excluding carboxylic acids is 1. The lowest BCUT2D eigenvalue weighted by molar-refractivity contribution is -0.139. The van der Waals surface area contributed by atoms with E-state index in [9.17, 15) is 9.59 Å². The van der Waals surface area contributed by atoms with Gasteiger partial charge in [-0.3, -0.25) is 4.79 Å². The molecule has 1 atom stereocenters. The average molecular weight is 214 g/mol. The molecule has 0 aliphatic carbocycles. The van der Waals surface area contributed by atoms with Gasteiger partial charge in [0.05, 0.1) is 0 Å². The molecule has 1 rings (SSSR count). The second-order valence-electron chi connectivity index (χ2n) is 2.77. The summed E-state index contributed by atoms with van der Waals surface area (Å²) in [5, 5.41) is 17.4. The minimum absolute atomic E-state index is 0.173. The summed E-state index contributed by atoms with van der Waals surface area (Å²) in [4.78, 5) is 22.0. The van der Waals surface area contributed by atoms with E-state index in [1.807, 2.05) is 0 Å². The quantitative estimate of drug-likeness (QED) is 0.600. The van der Waals surface area contributed by atoms with E-state index < -0.39 is 17.9 Å². The van der Waals surface area contributed by atoms with Crippen molar-refractivity contribution in [2.24, 2.45) is 0 Å². The van der Waals surface area contributed by atoms with Gasteiger partial charge in [0, 0.05) is 0 Å². The second-order valence-corrected chi connectivity index (χ2v) is 2.77. The van der Waals surface area contributed by atoms with Crippen LogP contribution in [-0.4, -0.2) is 33.3 Å². The summed E-state index contributed by atoms with van der Waals surface area (Å²) in [6.45, 7) is 1.63. The Bertz CT molecular complexity index is 375. The van der Waals surface area contributed by atoms with Crippen LogP contribution in [-0.2, 0) is 4.79 Å². The molecule has 1 amide bonds. The molecule has 0 radical (unpaired) electrons. The van der Waals surface area contributed by atoms with Crippen LogP contribution in [0.4, 0.5) is 5.82 Å². The van der Waals surface area contributed by atoms with Crippen LogP contribution in [0.2, 0.25) is 0 Å². The third kappa shape index (κ3) is 2.42. The summed E-state index contributed by atoms with van der Waals surface area (Å²) in [7, 11) is 0. The van der Waals surface area contributed by atoms with E-state index in [0.717, 1.165) is 0 Å². The minimum Gasteiger partial charge on any atom is -0.480 e. The number of nitrogens with zero attached hydrogens (tertiary/aromatic N) is 2. The molecule has 0 bridgehead atoms. The molecule has 8 nitrogen and oxygen atoms in total. The molecule has 15 heavy (non-hydrogen) atoms. The molecular weight excluding hydrogens is 204 g/mol. The fourth-order valence-electron chi connectivity index (χ4n) is 0.918. The molecule has 0 aliphatic heterocycles. The highest BCUT2D eigenvalue weighted by molar-refractivity contribution is 5.98. The molecule has 0 aromatic carbocycles. The maximum absolute atomic E-state index is 11.4. The fraction of sp³-hybridized carbons (Fsp3) is 0.429. The summed E-state index contributed by atoms with van der Waals surface area (Å²) in [5.74, 6) is -2.02. The zero-order valence-corrected chi connectivity index (χ0v) is 7.93. The number of rotatable bonds is 4. The molecule has 0 fully saturated rings. The topological polar surface area (TPSA) is 131 Å². The summed E-state index contributed by atoms with van der Waals surface area (Å²) in [6.07, 6.45) is 0.256. The van der Waals surface area contributed by atoms with Crippen molar-refractivity contribution in [1.82, 2.24) is 15.6 Å². The third-order valence-electron chi connectivity index (χ3n) is 1.74. The van der Waals surface area contributed by atoms with Gasteiger partial charge in [0.1, 0.15) is 6.04 Å². The van der Waals surface area contributed by atoms with Crippen LogP contribution < -0.4 is 11.1 Å². The molecule has 1 aromatic rings. The van der Waals surface area contributed by atoms with Crippen molar-refractivity contribution < 1.29 is 19.3 Å². The number of hydrogen-bond donors (Lipinski definition) is 3. The first-order chi connectivity index (χ1) is 7.06. The number of carboxylic acids is 1. The first kappa shape index (κ1) is 11.0. The fourth-order valence-corrected chi connectivity index (χ4v) is 0.918. The monoisotopic (exact) mass is 214 g/mol. The molecule has 1 heterocycles. The maximum atomic E-state index is 11.4. The number of anilines is 1. The number of aromatic nitrogens is 2. The SMILES string of the molecule is CC[C@@H](NC(=O)c1nonc1N)C(=O)O. The Balaban J connectivity index is 2.71. The highest BCUT2D eigenvalue weighted by atomic mass is 16.6. The third-order valence-corrected chi connectivity index (χ3v) is 1.74. The molecule has 82 valence electrons. The van der Waals surface area contributed by atoms with Gasteiger partial charge in [-0.15, -0.1) is 0 Å². The Morgan fingerprint density at radius 1 is 1.60 bits per heavy atom. The van der Waals surface area contributed by atoms with E-state index in [2.05, 4.69) is 20.3 Å². The predicted molar refractivity (Wildman–Crippen MR) is 47.9 cm³/mol. The van der Waals surface area contributed by atoms with Crippen molar-refractivity contribution in [3.8, 4) is 0 Å². The Morgan fingerprint density at radius 2 is 2.27 bits per heavy atom. The molecule has 0 saturated carbocycles. The van der Waals surface area contributed by atoms with Crippen LogP contribution in [0, 0.1) is 0 Å². The number of aliphatic carboxylic acids is 1. The van der Waals surface area contributed by atoms with Crippen molar-refractivity contribution in [1.29, 1.82) is 0 Å². The van der Waals surface area contributed by atoms with Gasteiger partial charge < -0.3 is 16.2 Å². The van der Waals surface area contributed by atoms with Crippen molar-refractivity contribution in [2.45, 2.75) is 19.4 Å². The highest BCUT2D eigenvalue weighted by Gasteiger charge is 2.22. The van der Waals surface area contributed by atoms with Gasteiger partial charge in [-0.2, -0.15) is 0 Å². The van der Waals surface area contributed by atoms with Crippen LogP contribution in [0.5, 0.6) is 0 Å². The van der Waals surface area contributed by atoms with E-state index >= 15 is 0 Å². The van der Waals surface area contributed by atoms with E-state index in [1.54, 1.807) is 6.92 Å². The lowest BCUT2D eigenvalue weighted by Gasteiger charge is -2.10. The number of amides is 1. The molecule has 8 heteroatoms. The zero-order valence-electron chi connectivity index (χ0n) is 7.93. The van der Waals surface area contributed by atoms with Crippen LogP contribution in [0.25, 0.3) is 0 Å². The van der Waals surface area contributed by atoms with Gasteiger partial charge in [0.15, 0.2) is 0 Å². The Kier molecular flexibility index (Phi) is 3.21. The van der Waals surface area contributed by atoms with Crippen LogP contribution in [0.3, 0.4) is 0 Å². The lowest BCUT2D eigenvalue weighted by atomic mass is 10.2. The largest absolute Gasteiger partial charge is 0.480 e. The first-order valence-corrected chi connectivity index (χ1v) is 4.18. The van der Waals surface area contributed by atoms with E-state index in [1.165, 1.54) is 0 Å². The first-order valence-electron chi connectivity index (χ1n) is 4.18. The van der Waals surface area contributed by atoms with Gasteiger partial charge in [0.25, 0.3) is 5.91 Å². The number of carboxylic acid groups (broad SMARTS) is 1. The molecular formula is C7H10N4O4. The molecule has 0 unspecified atom stereocenters. The summed E-state index contributed by atoms with van der Waals surface area (Å²) >= 11 is 0. The van der Waals surface area contributed by atoms with Crippen molar-refractivity contribution in [3.05, 3.63) is 5.69 Å². The molecule has 1 aromatic heterocycles. The standard InChI is InChI=1S/C7H10N4O4/c1-2-3(7(13)14)9-6(12)4-5(8)11-15-10-4/h3H,2H2,1H3,(H2,8,11)(H,9,12)(H,13,14)/t3-/m1/s1. The molecule has 0 spiro atoms.